The third-order valence-corrected chi connectivity index (χ3v) is 7.63. The molecule has 0 aromatic heterocycles. The normalized spacial score (nSPS) is 26.5. The lowest BCUT2D eigenvalue weighted by molar-refractivity contribution is 0.308. The fourth-order valence-corrected chi connectivity index (χ4v) is 5.84. The van der Waals surface area contributed by atoms with Gasteiger partial charge in [0, 0.05) is 0 Å². The molecule has 2 saturated carbocycles. The summed E-state index contributed by atoms with van der Waals surface area (Å²) >= 11 is 0. The zero-order valence-corrected chi connectivity index (χ0v) is 19.6. The van der Waals surface area contributed by atoms with Crippen molar-refractivity contribution in [3.8, 4) is 0 Å². The molecule has 0 amide bonds. The van der Waals surface area contributed by atoms with Gasteiger partial charge in [-0.25, -0.2) is 0 Å². The van der Waals surface area contributed by atoms with Crippen LogP contribution >= 0.6 is 0 Å². The van der Waals surface area contributed by atoms with Gasteiger partial charge in [0.2, 0.25) is 0 Å². The van der Waals surface area contributed by atoms with E-state index in [0.717, 1.165) is 23.7 Å². The van der Waals surface area contributed by atoms with Gasteiger partial charge in [-0.1, -0.05) is 100 Å². The van der Waals surface area contributed by atoms with Gasteiger partial charge >= 0.3 is 0 Å². The van der Waals surface area contributed by atoms with E-state index in [1.807, 2.05) is 0 Å². The molecule has 0 unspecified atom stereocenters. The van der Waals surface area contributed by atoms with E-state index in [1.54, 1.807) is 11.1 Å². The first-order valence-corrected chi connectivity index (χ1v) is 12.9. The summed E-state index contributed by atoms with van der Waals surface area (Å²) in [4.78, 5) is 0. The molecule has 0 N–H and O–H groups in total. The van der Waals surface area contributed by atoms with Crippen LogP contribution in [0.4, 0.5) is 0 Å². The summed E-state index contributed by atoms with van der Waals surface area (Å²) < 4.78 is 0. The van der Waals surface area contributed by atoms with Crippen LogP contribution < -0.4 is 0 Å². The standard InChI is InChI=1S/2C15H22/c2*1-2-6-13-9-11-15(12-10-13)14-7-4-3-5-8-14/h2*3-5,7-8,13,15H,2,6,9-12H2,1H3. The molecule has 2 fully saturated rings. The van der Waals surface area contributed by atoms with Crippen molar-refractivity contribution in [2.75, 3.05) is 0 Å². The maximum absolute atomic E-state index is 2.31. The lowest BCUT2D eigenvalue weighted by atomic mass is 9.77. The number of benzene rings is 2. The molecule has 0 spiro atoms. The molecule has 0 heteroatoms. The molecule has 0 aliphatic heterocycles. The van der Waals surface area contributed by atoms with E-state index >= 15 is 0 Å². The molecule has 2 aliphatic carbocycles. The molecular weight excluding hydrogens is 360 g/mol. The minimum atomic E-state index is 0.847. The Morgan fingerprint density at radius 1 is 0.500 bits per heavy atom. The molecule has 2 aromatic rings. The molecule has 0 atom stereocenters. The van der Waals surface area contributed by atoms with Gasteiger partial charge < -0.3 is 0 Å². The Balaban J connectivity index is 0.000000171. The summed E-state index contributed by atoms with van der Waals surface area (Å²) in [6.45, 7) is 4.62. The van der Waals surface area contributed by atoms with Crippen LogP contribution in [0.3, 0.4) is 0 Å². The quantitative estimate of drug-likeness (QED) is 0.449. The lowest BCUT2D eigenvalue weighted by Crippen LogP contribution is -2.13. The van der Waals surface area contributed by atoms with Crippen LogP contribution in [-0.2, 0) is 0 Å². The van der Waals surface area contributed by atoms with E-state index in [-0.39, 0.29) is 0 Å². The number of hydrogen-bond donors (Lipinski definition) is 0. The summed E-state index contributed by atoms with van der Waals surface area (Å²) in [6.07, 6.45) is 17.1. The molecule has 30 heavy (non-hydrogen) atoms. The Bertz CT molecular complexity index is 596. The van der Waals surface area contributed by atoms with Crippen LogP contribution in [-0.4, -0.2) is 0 Å². The zero-order valence-electron chi connectivity index (χ0n) is 19.6. The predicted octanol–water partition coefficient (Wildman–Crippen LogP) is 9.52. The van der Waals surface area contributed by atoms with Crippen LogP contribution in [0.25, 0.3) is 0 Å². The fourth-order valence-electron chi connectivity index (χ4n) is 5.84. The van der Waals surface area contributed by atoms with Gasteiger partial charge in [0.15, 0.2) is 0 Å². The maximum atomic E-state index is 2.31. The van der Waals surface area contributed by atoms with Crippen molar-refractivity contribution in [3.63, 3.8) is 0 Å². The highest BCUT2D eigenvalue weighted by Crippen LogP contribution is 2.38. The molecular formula is C30H44. The molecule has 2 aromatic carbocycles. The fraction of sp³-hybridized carbons (Fsp3) is 0.600. The van der Waals surface area contributed by atoms with E-state index in [1.165, 1.54) is 77.0 Å². The van der Waals surface area contributed by atoms with Crippen molar-refractivity contribution in [1.29, 1.82) is 0 Å². The summed E-state index contributed by atoms with van der Waals surface area (Å²) in [5.41, 5.74) is 3.12. The van der Waals surface area contributed by atoms with Gasteiger partial charge in [0.25, 0.3) is 0 Å². The zero-order chi connectivity index (χ0) is 21.0. The van der Waals surface area contributed by atoms with Crippen molar-refractivity contribution >= 4 is 0 Å². The highest BCUT2D eigenvalue weighted by molar-refractivity contribution is 5.20. The van der Waals surface area contributed by atoms with Gasteiger partial charge in [0.1, 0.15) is 0 Å². The summed E-state index contributed by atoms with van der Waals surface area (Å²) in [7, 11) is 0. The first kappa shape index (κ1) is 23.1. The largest absolute Gasteiger partial charge is 0.0654 e. The highest BCUT2D eigenvalue weighted by atomic mass is 14.3. The van der Waals surface area contributed by atoms with Crippen LogP contribution in [0.5, 0.6) is 0 Å². The molecule has 0 saturated heterocycles. The van der Waals surface area contributed by atoms with E-state index in [0.29, 0.717) is 0 Å². The van der Waals surface area contributed by atoms with Crippen molar-refractivity contribution in [2.45, 2.75) is 103 Å². The van der Waals surface area contributed by atoms with Crippen LogP contribution in [0.1, 0.15) is 114 Å². The third kappa shape index (κ3) is 7.29. The summed E-state index contributed by atoms with van der Waals surface area (Å²) in [6, 6.07) is 22.1. The van der Waals surface area contributed by atoms with Crippen LogP contribution in [0.15, 0.2) is 60.7 Å². The molecule has 0 nitrogen and oxygen atoms in total. The van der Waals surface area contributed by atoms with Gasteiger partial charge in [-0.05, 0) is 86.2 Å². The topological polar surface area (TPSA) is 0 Å². The smallest absolute Gasteiger partial charge is 0.0162 e. The van der Waals surface area contributed by atoms with Gasteiger partial charge in [-0.15, -0.1) is 0 Å². The van der Waals surface area contributed by atoms with E-state index in [9.17, 15) is 0 Å². The van der Waals surface area contributed by atoms with E-state index < -0.39 is 0 Å². The SMILES string of the molecule is CCCC1CCC(c2ccccc2)CC1.CCCC1CCC(c2ccccc2)CC1. The van der Waals surface area contributed by atoms with Crippen molar-refractivity contribution < 1.29 is 0 Å². The molecule has 0 bridgehead atoms. The Morgan fingerprint density at radius 3 is 1.13 bits per heavy atom. The maximum Gasteiger partial charge on any atom is -0.0162 e. The second-order valence-electron chi connectivity index (χ2n) is 9.83. The molecule has 0 radical (unpaired) electrons. The minimum absolute atomic E-state index is 0.847. The van der Waals surface area contributed by atoms with E-state index in [2.05, 4.69) is 74.5 Å². The lowest BCUT2D eigenvalue weighted by Gasteiger charge is -2.28. The average molecular weight is 405 g/mol. The molecule has 0 heterocycles. The minimum Gasteiger partial charge on any atom is -0.0654 e. The van der Waals surface area contributed by atoms with Crippen molar-refractivity contribution in [1.82, 2.24) is 0 Å². The Labute approximate surface area is 186 Å². The van der Waals surface area contributed by atoms with Crippen LogP contribution in [0.2, 0.25) is 0 Å². The number of rotatable bonds is 6. The van der Waals surface area contributed by atoms with E-state index in [4.69, 9.17) is 0 Å². The summed E-state index contributed by atoms with van der Waals surface area (Å²) in [5, 5.41) is 0. The average Bonchev–Trinajstić information content (AvgIpc) is 2.82. The first-order chi connectivity index (χ1) is 14.8. The Hall–Kier alpha value is -1.56. The summed E-state index contributed by atoms with van der Waals surface area (Å²) in [5.74, 6) is 3.74. The van der Waals surface area contributed by atoms with Gasteiger partial charge in [-0.3, -0.25) is 0 Å². The Morgan fingerprint density at radius 2 is 0.833 bits per heavy atom. The highest BCUT2D eigenvalue weighted by Gasteiger charge is 2.22. The molecule has 164 valence electrons. The number of hydrogen-bond acceptors (Lipinski definition) is 0. The van der Waals surface area contributed by atoms with Gasteiger partial charge in [0.05, 0.1) is 0 Å². The van der Waals surface area contributed by atoms with Crippen molar-refractivity contribution in [2.24, 2.45) is 11.8 Å². The third-order valence-electron chi connectivity index (χ3n) is 7.63. The molecule has 4 rings (SSSR count). The van der Waals surface area contributed by atoms with Gasteiger partial charge in [-0.2, -0.15) is 0 Å². The second-order valence-corrected chi connectivity index (χ2v) is 9.83. The second kappa shape index (κ2) is 13.0. The predicted molar refractivity (Wildman–Crippen MR) is 132 cm³/mol. The molecule has 2 aliphatic rings. The monoisotopic (exact) mass is 404 g/mol. The van der Waals surface area contributed by atoms with Crippen LogP contribution in [0, 0.1) is 11.8 Å². The Kier molecular flexibility index (Phi) is 10.0. The van der Waals surface area contributed by atoms with Crippen molar-refractivity contribution in [3.05, 3.63) is 71.8 Å². The first-order valence-electron chi connectivity index (χ1n) is 12.9.